The van der Waals surface area contributed by atoms with E-state index in [0.717, 1.165) is 22.3 Å². The highest BCUT2D eigenvalue weighted by Gasteiger charge is 2.22. The van der Waals surface area contributed by atoms with Gasteiger partial charge in [-0.1, -0.05) is 6.92 Å². The molecule has 0 bridgehead atoms. The van der Waals surface area contributed by atoms with Gasteiger partial charge >= 0.3 is 5.97 Å². The van der Waals surface area contributed by atoms with Crippen molar-refractivity contribution in [2.45, 2.75) is 26.2 Å². The molecule has 5 nitrogen and oxygen atoms in total. The quantitative estimate of drug-likeness (QED) is 0.831. The molecule has 0 fully saturated rings. The van der Waals surface area contributed by atoms with Crippen LogP contribution in [0.25, 0.3) is 0 Å². The van der Waals surface area contributed by atoms with Gasteiger partial charge in [-0.3, -0.25) is 9.48 Å². The molecule has 96 valence electrons. The second kappa shape index (κ2) is 6.16. The van der Waals surface area contributed by atoms with Crippen molar-refractivity contribution < 1.29 is 9.90 Å². The zero-order valence-electron chi connectivity index (χ0n) is 10.1. The van der Waals surface area contributed by atoms with Crippen LogP contribution in [-0.4, -0.2) is 27.4 Å². The predicted octanol–water partition coefficient (Wildman–Crippen LogP) is 1.34. The average Bonchev–Trinajstić information content (AvgIpc) is 2.55. The summed E-state index contributed by atoms with van der Waals surface area (Å²) in [5.41, 5.74) is 7.31. The molecule has 1 atom stereocenters. The number of carboxylic acid groups (broad SMARTS) is 1. The molecular weight excluding hydrogens is 286 g/mol. The van der Waals surface area contributed by atoms with Crippen LogP contribution in [0.1, 0.15) is 24.7 Å². The highest BCUT2D eigenvalue weighted by atomic mass is 79.9. The maximum Gasteiger partial charge on any atom is 0.306 e. The van der Waals surface area contributed by atoms with Gasteiger partial charge in [-0.15, -0.1) is 0 Å². The monoisotopic (exact) mass is 303 g/mol. The first-order valence-electron chi connectivity index (χ1n) is 5.64. The van der Waals surface area contributed by atoms with E-state index in [1.165, 1.54) is 0 Å². The number of carboxylic acids is 1. The van der Waals surface area contributed by atoms with Crippen LogP contribution in [0, 0.1) is 5.92 Å². The fourth-order valence-corrected chi connectivity index (χ4v) is 2.57. The van der Waals surface area contributed by atoms with E-state index in [2.05, 4.69) is 21.0 Å². The van der Waals surface area contributed by atoms with Gasteiger partial charge in [0.2, 0.25) is 0 Å². The van der Waals surface area contributed by atoms with Gasteiger partial charge in [-0.05, 0) is 35.3 Å². The van der Waals surface area contributed by atoms with Crippen molar-refractivity contribution in [1.29, 1.82) is 0 Å². The van der Waals surface area contributed by atoms with E-state index in [-0.39, 0.29) is 0 Å². The topological polar surface area (TPSA) is 81.1 Å². The molecule has 0 amide bonds. The van der Waals surface area contributed by atoms with Gasteiger partial charge in [0.15, 0.2) is 0 Å². The molecule has 6 heteroatoms. The molecule has 1 rings (SSSR count). The normalized spacial score (nSPS) is 12.7. The van der Waals surface area contributed by atoms with Crippen LogP contribution in [0.4, 0.5) is 0 Å². The van der Waals surface area contributed by atoms with Crippen molar-refractivity contribution >= 4 is 21.9 Å². The van der Waals surface area contributed by atoms with Crippen molar-refractivity contribution in [2.24, 2.45) is 18.7 Å². The summed E-state index contributed by atoms with van der Waals surface area (Å²) in [6.07, 6.45) is 1.76. The van der Waals surface area contributed by atoms with Gasteiger partial charge < -0.3 is 10.8 Å². The Labute approximate surface area is 109 Å². The first kappa shape index (κ1) is 14.2. The van der Waals surface area contributed by atoms with Gasteiger partial charge in [-0.2, -0.15) is 5.10 Å². The summed E-state index contributed by atoms with van der Waals surface area (Å²) in [4.78, 5) is 11.1. The number of hydrogen-bond acceptors (Lipinski definition) is 3. The first-order chi connectivity index (χ1) is 8.01. The first-order valence-corrected chi connectivity index (χ1v) is 6.43. The fraction of sp³-hybridized carbons (Fsp3) is 0.636. The third kappa shape index (κ3) is 3.29. The number of nitrogens with two attached hydrogens (primary N) is 1. The number of aryl methyl sites for hydroxylation is 2. The second-order valence-corrected chi connectivity index (χ2v) is 4.79. The zero-order chi connectivity index (χ0) is 13.0. The van der Waals surface area contributed by atoms with Crippen LogP contribution in [0.2, 0.25) is 0 Å². The molecule has 0 spiro atoms. The lowest BCUT2D eigenvalue weighted by atomic mass is 9.99. The van der Waals surface area contributed by atoms with Crippen LogP contribution >= 0.6 is 15.9 Å². The summed E-state index contributed by atoms with van der Waals surface area (Å²) in [7, 11) is 1.83. The van der Waals surface area contributed by atoms with Crippen LogP contribution in [0.15, 0.2) is 4.47 Å². The molecule has 1 aromatic heterocycles. The summed E-state index contributed by atoms with van der Waals surface area (Å²) in [5, 5.41) is 13.5. The van der Waals surface area contributed by atoms with Gasteiger partial charge in [0.25, 0.3) is 0 Å². The Bertz CT molecular complexity index is 404. The fourth-order valence-electron chi connectivity index (χ4n) is 1.79. The number of nitrogens with zero attached hydrogens (tertiary/aromatic N) is 2. The molecule has 17 heavy (non-hydrogen) atoms. The van der Waals surface area contributed by atoms with E-state index in [1.54, 1.807) is 4.68 Å². The molecule has 1 unspecified atom stereocenters. The van der Waals surface area contributed by atoms with Crippen molar-refractivity contribution in [2.75, 3.05) is 6.54 Å². The summed E-state index contributed by atoms with van der Waals surface area (Å²) in [6.45, 7) is 2.40. The Kier molecular flexibility index (Phi) is 5.14. The van der Waals surface area contributed by atoms with Gasteiger partial charge in [-0.25, -0.2) is 0 Å². The molecular formula is C11H18BrN3O2. The lowest BCUT2D eigenvalue weighted by molar-refractivity contribution is -0.141. The summed E-state index contributed by atoms with van der Waals surface area (Å²) < 4.78 is 2.67. The van der Waals surface area contributed by atoms with Crippen molar-refractivity contribution in [1.82, 2.24) is 9.78 Å². The minimum Gasteiger partial charge on any atom is -0.481 e. The Morgan fingerprint density at radius 2 is 2.29 bits per heavy atom. The number of halogens is 1. The highest BCUT2D eigenvalue weighted by Crippen LogP contribution is 2.24. The van der Waals surface area contributed by atoms with E-state index in [4.69, 9.17) is 10.8 Å². The number of aromatic nitrogens is 2. The molecule has 0 radical (unpaired) electrons. The number of hydrogen-bond donors (Lipinski definition) is 2. The number of carbonyl (C=O) groups is 1. The molecule has 0 aliphatic heterocycles. The van der Waals surface area contributed by atoms with Gasteiger partial charge in [0.05, 0.1) is 21.8 Å². The third-order valence-corrected chi connectivity index (χ3v) is 3.72. The zero-order valence-corrected chi connectivity index (χ0v) is 11.7. The molecule has 1 aromatic rings. The third-order valence-electron chi connectivity index (χ3n) is 2.81. The van der Waals surface area contributed by atoms with E-state index < -0.39 is 11.9 Å². The van der Waals surface area contributed by atoms with Gasteiger partial charge in [0, 0.05) is 13.5 Å². The van der Waals surface area contributed by atoms with Crippen LogP contribution < -0.4 is 5.73 Å². The standard InChI is InChI=1S/C11H18BrN3O2/c1-3-8-10(12)9(15(2)14-8)6-7(4-5-13)11(16)17/h7H,3-6,13H2,1-2H3,(H,16,17). The molecule has 0 aliphatic carbocycles. The molecule has 0 saturated carbocycles. The predicted molar refractivity (Wildman–Crippen MR) is 68.8 cm³/mol. The Morgan fingerprint density at radius 3 is 2.71 bits per heavy atom. The molecule has 0 aliphatic rings. The van der Waals surface area contributed by atoms with E-state index >= 15 is 0 Å². The summed E-state index contributed by atoms with van der Waals surface area (Å²) >= 11 is 3.48. The Hall–Kier alpha value is -0.880. The second-order valence-electron chi connectivity index (χ2n) is 4.00. The van der Waals surface area contributed by atoms with E-state index in [9.17, 15) is 4.79 Å². The maximum absolute atomic E-state index is 11.1. The van der Waals surface area contributed by atoms with Crippen molar-refractivity contribution in [3.63, 3.8) is 0 Å². The minimum absolute atomic E-state index is 0.382. The highest BCUT2D eigenvalue weighted by molar-refractivity contribution is 9.10. The Morgan fingerprint density at radius 1 is 1.65 bits per heavy atom. The van der Waals surface area contributed by atoms with E-state index in [0.29, 0.717) is 19.4 Å². The molecule has 3 N–H and O–H groups in total. The average molecular weight is 304 g/mol. The van der Waals surface area contributed by atoms with E-state index in [1.807, 2.05) is 14.0 Å². The molecule has 0 aromatic carbocycles. The molecule has 0 saturated heterocycles. The van der Waals surface area contributed by atoms with Crippen LogP contribution in [-0.2, 0) is 24.7 Å². The summed E-state index contributed by atoms with van der Waals surface area (Å²) in [5.74, 6) is -1.25. The van der Waals surface area contributed by atoms with Crippen molar-refractivity contribution in [3.05, 3.63) is 15.9 Å². The van der Waals surface area contributed by atoms with Gasteiger partial charge in [0.1, 0.15) is 0 Å². The lowest BCUT2D eigenvalue weighted by Gasteiger charge is -2.11. The lowest BCUT2D eigenvalue weighted by Crippen LogP contribution is -2.21. The minimum atomic E-state index is -0.804. The smallest absolute Gasteiger partial charge is 0.306 e. The van der Waals surface area contributed by atoms with Crippen molar-refractivity contribution in [3.8, 4) is 0 Å². The van der Waals surface area contributed by atoms with Crippen LogP contribution in [0.3, 0.4) is 0 Å². The summed E-state index contributed by atoms with van der Waals surface area (Å²) in [6, 6.07) is 0. The molecule has 1 heterocycles. The SMILES string of the molecule is CCc1nn(C)c(CC(CCN)C(=O)O)c1Br. The maximum atomic E-state index is 11.1. The Balaban J connectivity index is 2.92. The van der Waals surface area contributed by atoms with Crippen LogP contribution in [0.5, 0.6) is 0 Å². The number of rotatable bonds is 6. The number of aliphatic carboxylic acids is 1. The largest absolute Gasteiger partial charge is 0.481 e.